The summed E-state index contributed by atoms with van der Waals surface area (Å²) in [4.78, 5) is 14.2. The van der Waals surface area contributed by atoms with Crippen molar-refractivity contribution in [3.05, 3.63) is 0 Å². The Labute approximate surface area is 103 Å². The summed E-state index contributed by atoms with van der Waals surface area (Å²) in [7, 11) is 0. The van der Waals surface area contributed by atoms with Crippen LogP contribution < -0.4 is 5.73 Å². The molecular weight excluding hydrogens is 216 g/mol. The fraction of sp³-hybridized carbons (Fsp3) is 0.923. The van der Waals surface area contributed by atoms with Gasteiger partial charge in [-0.2, -0.15) is 0 Å². The molecule has 2 unspecified atom stereocenters. The molecule has 2 aliphatic rings. The van der Waals surface area contributed by atoms with Crippen molar-refractivity contribution >= 4 is 5.91 Å². The van der Waals surface area contributed by atoms with Gasteiger partial charge in [-0.05, 0) is 18.8 Å². The van der Waals surface area contributed by atoms with Crippen molar-refractivity contribution in [1.29, 1.82) is 0 Å². The normalized spacial score (nSPS) is 32.1. The third-order valence-corrected chi connectivity index (χ3v) is 4.03. The summed E-state index contributed by atoms with van der Waals surface area (Å²) >= 11 is 0. The van der Waals surface area contributed by atoms with Crippen molar-refractivity contribution in [2.24, 2.45) is 17.6 Å². The highest BCUT2D eigenvalue weighted by atomic mass is 16.5. The van der Waals surface area contributed by atoms with Crippen LogP contribution in [0.3, 0.4) is 0 Å². The molecule has 2 heterocycles. The van der Waals surface area contributed by atoms with Gasteiger partial charge in [0.1, 0.15) is 0 Å². The van der Waals surface area contributed by atoms with E-state index in [9.17, 15) is 4.79 Å². The minimum Gasteiger partial charge on any atom is -0.381 e. The van der Waals surface area contributed by atoms with E-state index >= 15 is 0 Å². The van der Waals surface area contributed by atoms with E-state index in [0.29, 0.717) is 12.5 Å². The van der Waals surface area contributed by atoms with Crippen LogP contribution in [-0.4, -0.2) is 42.6 Å². The first-order valence-electron chi connectivity index (χ1n) is 6.71. The van der Waals surface area contributed by atoms with E-state index in [1.807, 2.05) is 4.90 Å². The van der Waals surface area contributed by atoms with Crippen LogP contribution in [0.1, 0.15) is 33.1 Å². The Kier molecular flexibility index (Phi) is 3.73. The standard InChI is InChI=1S/C13H24N2O2/c1-3-5-13(14)8-15(9-13)12(16)11-4-6-17-7-10(11)2/h10-11H,3-9,14H2,1-2H3. The number of hydrogen-bond acceptors (Lipinski definition) is 3. The maximum absolute atomic E-state index is 12.3. The van der Waals surface area contributed by atoms with Crippen LogP contribution >= 0.6 is 0 Å². The number of hydrogen-bond donors (Lipinski definition) is 1. The average Bonchev–Trinajstić information content (AvgIpc) is 2.26. The number of amides is 1. The molecule has 0 aromatic carbocycles. The van der Waals surface area contributed by atoms with Crippen molar-refractivity contribution in [1.82, 2.24) is 4.90 Å². The van der Waals surface area contributed by atoms with Crippen molar-refractivity contribution < 1.29 is 9.53 Å². The fourth-order valence-electron chi connectivity index (χ4n) is 3.01. The summed E-state index contributed by atoms with van der Waals surface area (Å²) in [6.45, 7) is 7.15. The smallest absolute Gasteiger partial charge is 0.226 e. The first kappa shape index (κ1) is 12.8. The van der Waals surface area contributed by atoms with Gasteiger partial charge in [-0.25, -0.2) is 0 Å². The van der Waals surface area contributed by atoms with E-state index in [2.05, 4.69) is 13.8 Å². The molecule has 0 spiro atoms. The topological polar surface area (TPSA) is 55.6 Å². The third-order valence-electron chi connectivity index (χ3n) is 4.03. The van der Waals surface area contributed by atoms with Gasteiger partial charge in [0.2, 0.25) is 5.91 Å². The summed E-state index contributed by atoms with van der Waals surface area (Å²) < 4.78 is 5.38. The first-order chi connectivity index (χ1) is 8.06. The zero-order valence-corrected chi connectivity index (χ0v) is 10.9. The maximum Gasteiger partial charge on any atom is 0.226 e. The molecule has 2 fully saturated rings. The van der Waals surface area contributed by atoms with E-state index in [1.165, 1.54) is 0 Å². The molecule has 0 aliphatic carbocycles. The van der Waals surface area contributed by atoms with Crippen LogP contribution in [0.2, 0.25) is 0 Å². The number of ether oxygens (including phenoxy) is 1. The van der Waals surface area contributed by atoms with Gasteiger partial charge in [0.05, 0.1) is 5.54 Å². The number of carbonyl (C=O) groups excluding carboxylic acids is 1. The van der Waals surface area contributed by atoms with E-state index in [0.717, 1.165) is 39.0 Å². The van der Waals surface area contributed by atoms with Crippen LogP contribution in [0.25, 0.3) is 0 Å². The van der Waals surface area contributed by atoms with E-state index in [-0.39, 0.29) is 17.4 Å². The maximum atomic E-state index is 12.3. The third kappa shape index (κ3) is 2.63. The minimum absolute atomic E-state index is 0.112. The van der Waals surface area contributed by atoms with Crippen molar-refractivity contribution in [3.8, 4) is 0 Å². The molecule has 0 aromatic heterocycles. The number of nitrogens with zero attached hydrogens (tertiary/aromatic N) is 1. The molecule has 17 heavy (non-hydrogen) atoms. The Morgan fingerprint density at radius 3 is 2.82 bits per heavy atom. The molecule has 0 aromatic rings. The van der Waals surface area contributed by atoms with Crippen molar-refractivity contribution in [2.45, 2.75) is 38.6 Å². The molecule has 2 N–H and O–H groups in total. The molecular formula is C13H24N2O2. The second-order valence-electron chi connectivity index (χ2n) is 5.75. The second-order valence-corrected chi connectivity index (χ2v) is 5.75. The second kappa shape index (κ2) is 4.94. The Morgan fingerprint density at radius 1 is 1.53 bits per heavy atom. The van der Waals surface area contributed by atoms with Crippen molar-refractivity contribution in [2.75, 3.05) is 26.3 Å². The van der Waals surface area contributed by atoms with Crippen LogP contribution in [0.5, 0.6) is 0 Å². The van der Waals surface area contributed by atoms with Crippen LogP contribution in [0, 0.1) is 11.8 Å². The Bertz CT molecular complexity index is 287. The number of rotatable bonds is 3. The highest BCUT2D eigenvalue weighted by molar-refractivity contribution is 5.80. The molecule has 0 radical (unpaired) electrons. The molecule has 2 aliphatic heterocycles. The predicted molar refractivity (Wildman–Crippen MR) is 66.5 cm³/mol. The molecule has 2 rings (SSSR count). The van der Waals surface area contributed by atoms with Crippen molar-refractivity contribution in [3.63, 3.8) is 0 Å². The molecule has 0 bridgehead atoms. The summed E-state index contributed by atoms with van der Waals surface area (Å²) in [6, 6.07) is 0. The van der Waals surface area contributed by atoms with Gasteiger partial charge in [0.15, 0.2) is 0 Å². The van der Waals surface area contributed by atoms with Gasteiger partial charge in [-0.3, -0.25) is 4.79 Å². The molecule has 1 amide bonds. The molecule has 2 atom stereocenters. The van der Waals surface area contributed by atoms with Crippen LogP contribution in [0.4, 0.5) is 0 Å². The van der Waals surface area contributed by atoms with Crippen LogP contribution in [0.15, 0.2) is 0 Å². The predicted octanol–water partition coefficient (Wildman–Crippen LogP) is 0.999. The lowest BCUT2D eigenvalue weighted by molar-refractivity contribution is -0.149. The summed E-state index contributed by atoms with van der Waals surface area (Å²) in [5, 5.41) is 0. The Morgan fingerprint density at radius 2 is 2.24 bits per heavy atom. The lowest BCUT2D eigenvalue weighted by Gasteiger charge is -2.49. The molecule has 98 valence electrons. The largest absolute Gasteiger partial charge is 0.381 e. The van der Waals surface area contributed by atoms with Gasteiger partial charge in [-0.15, -0.1) is 0 Å². The summed E-state index contributed by atoms with van der Waals surface area (Å²) in [6.07, 6.45) is 2.97. The lowest BCUT2D eigenvalue weighted by atomic mass is 9.82. The molecule has 0 saturated carbocycles. The first-order valence-corrected chi connectivity index (χ1v) is 6.71. The quantitative estimate of drug-likeness (QED) is 0.800. The Balaban J connectivity index is 1.86. The van der Waals surface area contributed by atoms with Gasteiger partial charge in [-0.1, -0.05) is 20.3 Å². The number of likely N-dealkylation sites (tertiary alicyclic amines) is 1. The van der Waals surface area contributed by atoms with Gasteiger partial charge in [0.25, 0.3) is 0 Å². The molecule has 4 heteroatoms. The molecule has 4 nitrogen and oxygen atoms in total. The van der Waals surface area contributed by atoms with E-state index in [4.69, 9.17) is 10.5 Å². The highest BCUT2D eigenvalue weighted by Crippen LogP contribution is 2.29. The van der Waals surface area contributed by atoms with Gasteiger partial charge >= 0.3 is 0 Å². The van der Waals surface area contributed by atoms with E-state index < -0.39 is 0 Å². The Hall–Kier alpha value is -0.610. The number of carbonyl (C=O) groups is 1. The monoisotopic (exact) mass is 240 g/mol. The highest BCUT2D eigenvalue weighted by Gasteiger charge is 2.44. The molecule has 2 saturated heterocycles. The zero-order valence-electron chi connectivity index (χ0n) is 10.9. The van der Waals surface area contributed by atoms with Gasteiger partial charge in [0, 0.05) is 32.2 Å². The minimum atomic E-state index is -0.112. The zero-order chi connectivity index (χ0) is 12.5. The SMILES string of the molecule is CCCC1(N)CN(C(=O)C2CCOCC2C)C1. The van der Waals surface area contributed by atoms with Crippen LogP contribution in [-0.2, 0) is 9.53 Å². The number of nitrogens with two attached hydrogens (primary N) is 1. The fourth-order valence-corrected chi connectivity index (χ4v) is 3.01. The average molecular weight is 240 g/mol. The lowest BCUT2D eigenvalue weighted by Crippen LogP contribution is -2.69. The van der Waals surface area contributed by atoms with E-state index in [1.54, 1.807) is 0 Å². The summed E-state index contributed by atoms with van der Waals surface area (Å²) in [5.74, 6) is 0.781. The summed E-state index contributed by atoms with van der Waals surface area (Å²) in [5.41, 5.74) is 6.07. The van der Waals surface area contributed by atoms with Gasteiger partial charge < -0.3 is 15.4 Å².